The van der Waals surface area contributed by atoms with Gasteiger partial charge >= 0.3 is 12.1 Å². The van der Waals surface area contributed by atoms with E-state index in [2.05, 4.69) is 0 Å². The second-order valence-corrected chi connectivity index (χ2v) is 10.1. The van der Waals surface area contributed by atoms with Gasteiger partial charge in [-0.05, 0) is 26.2 Å². The van der Waals surface area contributed by atoms with E-state index < -0.39 is 46.4 Å². The number of hydrogen-bond acceptors (Lipinski definition) is 6. The Morgan fingerprint density at radius 2 is 1.62 bits per heavy atom. The van der Waals surface area contributed by atoms with Crippen LogP contribution in [0.4, 0.5) is 4.79 Å². The molecular formula is C19H35NO6. The van der Waals surface area contributed by atoms with E-state index in [9.17, 15) is 14.7 Å². The lowest BCUT2D eigenvalue weighted by Crippen LogP contribution is -2.68. The third kappa shape index (κ3) is 4.31. The molecule has 1 N–H and O–H groups in total. The van der Waals surface area contributed by atoms with Crippen molar-refractivity contribution in [3.05, 3.63) is 0 Å². The molecule has 1 fully saturated rings. The van der Waals surface area contributed by atoms with Crippen molar-refractivity contribution in [2.45, 2.75) is 85.8 Å². The number of aliphatic hydroxyl groups is 1. The molecular weight excluding hydrogens is 338 g/mol. The molecule has 1 rings (SSSR count). The lowest BCUT2D eigenvalue weighted by atomic mass is 9.75. The summed E-state index contributed by atoms with van der Waals surface area (Å²) in [7, 11) is 1.23. The van der Waals surface area contributed by atoms with Crippen LogP contribution in [0.3, 0.4) is 0 Å². The van der Waals surface area contributed by atoms with Crippen LogP contribution in [-0.4, -0.2) is 59.3 Å². The van der Waals surface area contributed by atoms with Crippen LogP contribution in [0.2, 0.25) is 0 Å². The van der Waals surface area contributed by atoms with Gasteiger partial charge in [0.1, 0.15) is 11.8 Å². The molecule has 7 heteroatoms. The summed E-state index contributed by atoms with van der Waals surface area (Å²) < 4.78 is 16.4. The first-order valence-corrected chi connectivity index (χ1v) is 8.89. The maximum Gasteiger partial charge on any atom is 0.413 e. The van der Waals surface area contributed by atoms with E-state index in [1.54, 1.807) is 41.5 Å². The number of carbonyl (C=O) groups is 2. The van der Waals surface area contributed by atoms with E-state index >= 15 is 0 Å². The van der Waals surface area contributed by atoms with E-state index in [-0.39, 0.29) is 6.61 Å². The van der Waals surface area contributed by atoms with Gasteiger partial charge in [0.15, 0.2) is 5.54 Å². The van der Waals surface area contributed by atoms with Crippen molar-refractivity contribution in [3.8, 4) is 0 Å². The molecule has 0 aromatic carbocycles. The first-order chi connectivity index (χ1) is 11.5. The molecule has 0 radical (unpaired) electrons. The largest absolute Gasteiger partial charge is 0.467 e. The zero-order chi connectivity index (χ0) is 20.7. The average molecular weight is 373 g/mol. The van der Waals surface area contributed by atoms with Gasteiger partial charge in [-0.2, -0.15) is 0 Å². The number of esters is 1. The Labute approximate surface area is 157 Å². The SMILES string of the molecule is COC(=O)[C@]1([C@H](O)C(C)(C)C)CO[C@H](C(C)(C)C)N1C(=O)OC(C)(C)C. The summed E-state index contributed by atoms with van der Waals surface area (Å²) >= 11 is 0. The molecule has 0 aromatic heterocycles. The van der Waals surface area contributed by atoms with Crippen molar-refractivity contribution in [3.63, 3.8) is 0 Å². The van der Waals surface area contributed by atoms with Crippen molar-refractivity contribution in [1.82, 2.24) is 4.90 Å². The molecule has 26 heavy (non-hydrogen) atoms. The first kappa shape index (κ1) is 22.7. The molecule has 1 aliphatic rings. The molecule has 0 spiro atoms. The van der Waals surface area contributed by atoms with E-state index in [0.29, 0.717) is 0 Å². The maximum atomic E-state index is 13.1. The topological polar surface area (TPSA) is 85.3 Å². The number of amides is 1. The summed E-state index contributed by atoms with van der Waals surface area (Å²) in [5.41, 5.74) is -3.67. The van der Waals surface area contributed by atoms with Crippen molar-refractivity contribution < 1.29 is 28.9 Å². The van der Waals surface area contributed by atoms with Crippen LogP contribution in [0.5, 0.6) is 0 Å². The van der Waals surface area contributed by atoms with E-state index in [4.69, 9.17) is 14.2 Å². The minimum atomic E-state index is -1.69. The second-order valence-electron chi connectivity index (χ2n) is 10.1. The molecule has 152 valence electrons. The van der Waals surface area contributed by atoms with Gasteiger partial charge in [-0.15, -0.1) is 0 Å². The number of ether oxygens (including phenoxy) is 3. The van der Waals surface area contributed by atoms with Crippen LogP contribution < -0.4 is 0 Å². The molecule has 1 heterocycles. The van der Waals surface area contributed by atoms with Crippen molar-refractivity contribution in [2.75, 3.05) is 13.7 Å². The Hall–Kier alpha value is -1.34. The zero-order valence-corrected chi connectivity index (χ0v) is 17.8. The predicted octanol–water partition coefficient (Wildman–Crippen LogP) is 2.94. The molecule has 1 saturated heterocycles. The van der Waals surface area contributed by atoms with Crippen molar-refractivity contribution in [2.24, 2.45) is 10.8 Å². The van der Waals surface area contributed by atoms with Gasteiger partial charge < -0.3 is 19.3 Å². The second kappa shape index (κ2) is 7.00. The molecule has 0 bridgehead atoms. The zero-order valence-electron chi connectivity index (χ0n) is 17.8. The van der Waals surface area contributed by atoms with Gasteiger partial charge in [0, 0.05) is 5.41 Å². The van der Waals surface area contributed by atoms with Crippen LogP contribution in [-0.2, 0) is 19.0 Å². The summed E-state index contributed by atoms with van der Waals surface area (Å²) in [5.74, 6) is -0.725. The summed E-state index contributed by atoms with van der Waals surface area (Å²) in [5, 5.41) is 11.1. The number of rotatable bonds is 2. The molecule has 0 aliphatic carbocycles. The fourth-order valence-corrected chi connectivity index (χ4v) is 3.14. The highest BCUT2D eigenvalue weighted by Gasteiger charge is 2.65. The summed E-state index contributed by atoms with van der Waals surface area (Å²) in [6, 6.07) is 0. The van der Waals surface area contributed by atoms with Crippen LogP contribution >= 0.6 is 0 Å². The van der Waals surface area contributed by atoms with Crippen LogP contribution in [0.1, 0.15) is 62.3 Å². The Balaban J connectivity index is 3.59. The third-order valence-corrected chi connectivity index (χ3v) is 4.27. The van der Waals surface area contributed by atoms with Gasteiger partial charge in [-0.25, -0.2) is 9.59 Å². The van der Waals surface area contributed by atoms with Crippen LogP contribution in [0.25, 0.3) is 0 Å². The molecule has 3 atom stereocenters. The minimum Gasteiger partial charge on any atom is -0.467 e. The average Bonchev–Trinajstić information content (AvgIpc) is 2.84. The maximum absolute atomic E-state index is 13.1. The van der Waals surface area contributed by atoms with Gasteiger partial charge in [-0.1, -0.05) is 41.5 Å². The Kier molecular flexibility index (Phi) is 6.11. The highest BCUT2D eigenvalue weighted by atomic mass is 16.6. The minimum absolute atomic E-state index is 0.167. The smallest absolute Gasteiger partial charge is 0.413 e. The third-order valence-electron chi connectivity index (χ3n) is 4.27. The van der Waals surface area contributed by atoms with Crippen LogP contribution in [0, 0.1) is 10.8 Å². The summed E-state index contributed by atoms with van der Waals surface area (Å²) in [6.07, 6.45) is -2.70. The van der Waals surface area contributed by atoms with Crippen molar-refractivity contribution >= 4 is 12.1 Å². The lowest BCUT2D eigenvalue weighted by Gasteiger charge is -2.46. The predicted molar refractivity (Wildman–Crippen MR) is 97.5 cm³/mol. The Morgan fingerprint density at radius 1 is 1.12 bits per heavy atom. The summed E-state index contributed by atoms with van der Waals surface area (Å²) in [6.45, 7) is 16.1. The summed E-state index contributed by atoms with van der Waals surface area (Å²) in [4.78, 5) is 27.2. The molecule has 0 saturated carbocycles. The van der Waals surface area contributed by atoms with Gasteiger partial charge in [0.2, 0.25) is 0 Å². The van der Waals surface area contributed by atoms with Crippen molar-refractivity contribution in [1.29, 1.82) is 0 Å². The quantitative estimate of drug-likeness (QED) is 0.749. The number of nitrogens with zero attached hydrogens (tertiary/aromatic N) is 1. The Morgan fingerprint density at radius 3 is 1.96 bits per heavy atom. The highest BCUT2D eigenvalue weighted by molar-refractivity contribution is 5.88. The highest BCUT2D eigenvalue weighted by Crippen LogP contribution is 2.44. The van der Waals surface area contributed by atoms with Gasteiger partial charge in [0.05, 0.1) is 19.8 Å². The van der Waals surface area contributed by atoms with Gasteiger partial charge in [0.25, 0.3) is 0 Å². The number of aliphatic hydroxyl groups excluding tert-OH is 1. The molecule has 0 aromatic rings. The lowest BCUT2D eigenvalue weighted by molar-refractivity contribution is -0.168. The molecule has 0 unspecified atom stereocenters. The van der Waals surface area contributed by atoms with E-state index in [1.165, 1.54) is 12.0 Å². The number of methoxy groups -OCH3 is 1. The molecule has 1 aliphatic heterocycles. The van der Waals surface area contributed by atoms with E-state index in [1.807, 2.05) is 20.8 Å². The van der Waals surface area contributed by atoms with Crippen LogP contribution in [0.15, 0.2) is 0 Å². The fraction of sp³-hybridized carbons (Fsp3) is 0.895. The fourth-order valence-electron chi connectivity index (χ4n) is 3.14. The van der Waals surface area contributed by atoms with Gasteiger partial charge in [-0.3, -0.25) is 4.90 Å². The number of carbonyl (C=O) groups excluding carboxylic acids is 2. The molecule has 7 nitrogen and oxygen atoms in total. The molecule has 1 amide bonds. The normalized spacial score (nSPS) is 25.8. The number of hydrogen-bond donors (Lipinski definition) is 1. The first-order valence-electron chi connectivity index (χ1n) is 8.89. The standard InChI is InChI=1S/C19H35NO6/c1-16(2,3)12(21)19(14(22)24-10)11-25-13(17(4,5)6)20(19)15(23)26-18(7,8)9/h12-13,21H,11H2,1-10H3/t12-,13-,19-/m1/s1. The monoisotopic (exact) mass is 373 g/mol. The Bertz CT molecular complexity index is 540. The van der Waals surface area contributed by atoms with E-state index in [0.717, 1.165) is 0 Å².